The Hall–Kier alpha value is -1.35. The zero-order chi connectivity index (χ0) is 13.8. The summed E-state index contributed by atoms with van der Waals surface area (Å²) in [6.45, 7) is 11.9. The Bertz CT molecular complexity index is 407. The molecular formula is C15H23FN2. The maximum Gasteiger partial charge on any atom is 0.125 e. The largest absolute Gasteiger partial charge is 0.370 e. The van der Waals surface area contributed by atoms with Crippen LogP contribution in [0.15, 0.2) is 36.4 Å². The fraction of sp³-hybridized carbons (Fsp3) is 0.467. The number of rotatable bonds is 5. The Kier molecular flexibility index (Phi) is 4.91. The normalized spacial score (nSPS) is 11.4. The standard InChI is InChI=1S/C15H23FN2/c1-12(10-17-15(2,3)4)11-18(5)14-8-6-7-13(16)9-14/h6-9,17H,1,10-11H2,2-5H3. The molecule has 0 spiro atoms. The van der Waals surface area contributed by atoms with Crippen LogP contribution in [0, 0.1) is 5.82 Å². The lowest BCUT2D eigenvalue weighted by Gasteiger charge is -2.24. The van der Waals surface area contributed by atoms with Crippen LogP contribution < -0.4 is 10.2 Å². The third-order valence-electron chi connectivity index (χ3n) is 2.58. The molecule has 100 valence electrons. The highest BCUT2D eigenvalue weighted by molar-refractivity contribution is 5.46. The molecule has 0 heterocycles. The summed E-state index contributed by atoms with van der Waals surface area (Å²) in [5.41, 5.74) is 2.03. The van der Waals surface area contributed by atoms with Gasteiger partial charge in [-0.3, -0.25) is 0 Å². The summed E-state index contributed by atoms with van der Waals surface area (Å²) < 4.78 is 13.1. The number of nitrogens with one attached hydrogen (secondary N) is 1. The van der Waals surface area contributed by atoms with E-state index in [0.717, 1.165) is 17.8 Å². The van der Waals surface area contributed by atoms with Crippen LogP contribution in [0.2, 0.25) is 0 Å². The summed E-state index contributed by atoms with van der Waals surface area (Å²) in [5, 5.41) is 3.39. The molecule has 3 heteroatoms. The molecule has 0 radical (unpaired) electrons. The van der Waals surface area contributed by atoms with Gasteiger partial charge in [0.1, 0.15) is 5.82 Å². The summed E-state index contributed by atoms with van der Waals surface area (Å²) in [5.74, 6) is -0.210. The fourth-order valence-corrected chi connectivity index (χ4v) is 1.59. The van der Waals surface area contributed by atoms with E-state index in [1.54, 1.807) is 6.07 Å². The minimum atomic E-state index is -0.210. The van der Waals surface area contributed by atoms with Crippen molar-refractivity contribution >= 4 is 5.69 Å². The van der Waals surface area contributed by atoms with Crippen LogP contribution in [-0.2, 0) is 0 Å². The number of hydrogen-bond donors (Lipinski definition) is 1. The molecular weight excluding hydrogens is 227 g/mol. The molecule has 18 heavy (non-hydrogen) atoms. The topological polar surface area (TPSA) is 15.3 Å². The van der Waals surface area contributed by atoms with Crippen LogP contribution >= 0.6 is 0 Å². The van der Waals surface area contributed by atoms with Crippen LogP contribution in [0.4, 0.5) is 10.1 Å². The predicted octanol–water partition coefficient (Wildman–Crippen LogP) is 3.21. The molecule has 0 saturated carbocycles. The highest BCUT2D eigenvalue weighted by Gasteiger charge is 2.10. The molecule has 0 saturated heterocycles. The Morgan fingerprint density at radius 1 is 1.39 bits per heavy atom. The molecule has 0 aliphatic carbocycles. The lowest BCUT2D eigenvalue weighted by Crippen LogP contribution is -2.38. The second-order valence-electron chi connectivity index (χ2n) is 5.69. The van der Waals surface area contributed by atoms with Gasteiger partial charge in [0.2, 0.25) is 0 Å². The molecule has 0 aliphatic heterocycles. The van der Waals surface area contributed by atoms with Gasteiger partial charge in [-0.05, 0) is 44.5 Å². The summed E-state index contributed by atoms with van der Waals surface area (Å²) in [7, 11) is 1.94. The van der Waals surface area contributed by atoms with Crippen LogP contribution in [0.25, 0.3) is 0 Å². The van der Waals surface area contributed by atoms with E-state index in [-0.39, 0.29) is 11.4 Å². The maximum atomic E-state index is 13.1. The van der Waals surface area contributed by atoms with E-state index in [1.165, 1.54) is 12.1 Å². The predicted molar refractivity (Wildman–Crippen MR) is 76.6 cm³/mol. The van der Waals surface area contributed by atoms with Gasteiger partial charge in [0, 0.05) is 31.4 Å². The number of nitrogens with zero attached hydrogens (tertiary/aromatic N) is 1. The third-order valence-corrected chi connectivity index (χ3v) is 2.58. The number of hydrogen-bond acceptors (Lipinski definition) is 2. The number of likely N-dealkylation sites (N-methyl/N-ethyl adjacent to an activating group) is 1. The van der Waals surface area contributed by atoms with E-state index in [0.29, 0.717) is 6.54 Å². The highest BCUT2D eigenvalue weighted by atomic mass is 19.1. The molecule has 0 fully saturated rings. The van der Waals surface area contributed by atoms with E-state index in [4.69, 9.17) is 0 Å². The van der Waals surface area contributed by atoms with Crippen molar-refractivity contribution in [3.8, 4) is 0 Å². The second kappa shape index (κ2) is 6.01. The van der Waals surface area contributed by atoms with Gasteiger partial charge in [0.15, 0.2) is 0 Å². The van der Waals surface area contributed by atoms with Gasteiger partial charge in [0.25, 0.3) is 0 Å². The van der Waals surface area contributed by atoms with Crippen LogP contribution in [-0.4, -0.2) is 25.7 Å². The average Bonchev–Trinajstić information content (AvgIpc) is 2.25. The zero-order valence-corrected chi connectivity index (χ0v) is 11.8. The SMILES string of the molecule is C=C(CNC(C)(C)C)CN(C)c1cccc(F)c1. The van der Waals surface area contributed by atoms with Crippen LogP contribution in [0.3, 0.4) is 0 Å². The molecule has 0 unspecified atom stereocenters. The van der Waals surface area contributed by atoms with Crippen molar-refractivity contribution in [1.29, 1.82) is 0 Å². The van der Waals surface area contributed by atoms with Gasteiger partial charge in [0.05, 0.1) is 0 Å². The Labute approximate surface area is 110 Å². The van der Waals surface area contributed by atoms with Crippen molar-refractivity contribution in [2.75, 3.05) is 25.0 Å². The first-order valence-corrected chi connectivity index (χ1v) is 6.16. The smallest absolute Gasteiger partial charge is 0.125 e. The molecule has 1 aromatic carbocycles. The first kappa shape index (κ1) is 14.7. The second-order valence-corrected chi connectivity index (χ2v) is 5.69. The van der Waals surface area contributed by atoms with Crippen molar-refractivity contribution in [2.24, 2.45) is 0 Å². The lowest BCUT2D eigenvalue weighted by atomic mass is 10.1. The van der Waals surface area contributed by atoms with Gasteiger partial charge < -0.3 is 10.2 Å². The van der Waals surface area contributed by atoms with Gasteiger partial charge in [-0.2, -0.15) is 0 Å². The number of anilines is 1. The molecule has 0 amide bonds. The van der Waals surface area contributed by atoms with Crippen LogP contribution in [0.1, 0.15) is 20.8 Å². The fourth-order valence-electron chi connectivity index (χ4n) is 1.59. The summed E-state index contributed by atoms with van der Waals surface area (Å²) in [6.07, 6.45) is 0. The number of benzene rings is 1. The highest BCUT2D eigenvalue weighted by Crippen LogP contribution is 2.14. The summed E-state index contributed by atoms with van der Waals surface area (Å²) in [4.78, 5) is 2.00. The van der Waals surface area contributed by atoms with E-state index >= 15 is 0 Å². The molecule has 1 N–H and O–H groups in total. The molecule has 0 aliphatic rings. The Morgan fingerprint density at radius 3 is 2.61 bits per heavy atom. The van der Waals surface area contributed by atoms with Gasteiger partial charge >= 0.3 is 0 Å². The van der Waals surface area contributed by atoms with E-state index < -0.39 is 0 Å². The monoisotopic (exact) mass is 250 g/mol. The van der Waals surface area contributed by atoms with Crippen molar-refractivity contribution in [2.45, 2.75) is 26.3 Å². The van der Waals surface area contributed by atoms with E-state index in [1.807, 2.05) is 18.0 Å². The minimum absolute atomic E-state index is 0.0837. The Morgan fingerprint density at radius 2 is 2.06 bits per heavy atom. The van der Waals surface area contributed by atoms with E-state index in [2.05, 4.69) is 32.7 Å². The van der Waals surface area contributed by atoms with Crippen LogP contribution in [0.5, 0.6) is 0 Å². The number of halogens is 1. The quantitative estimate of drug-likeness (QED) is 0.807. The first-order chi connectivity index (χ1) is 8.28. The Balaban J connectivity index is 2.50. The van der Waals surface area contributed by atoms with Crippen molar-refractivity contribution < 1.29 is 4.39 Å². The van der Waals surface area contributed by atoms with Crippen molar-refractivity contribution in [1.82, 2.24) is 5.32 Å². The summed E-state index contributed by atoms with van der Waals surface area (Å²) in [6, 6.07) is 6.60. The molecule has 1 rings (SSSR count). The maximum absolute atomic E-state index is 13.1. The average molecular weight is 250 g/mol. The molecule has 1 aromatic rings. The first-order valence-electron chi connectivity index (χ1n) is 6.16. The van der Waals surface area contributed by atoms with Gasteiger partial charge in [-0.1, -0.05) is 12.6 Å². The lowest BCUT2D eigenvalue weighted by molar-refractivity contribution is 0.443. The van der Waals surface area contributed by atoms with Crippen molar-refractivity contribution in [3.63, 3.8) is 0 Å². The molecule has 0 aromatic heterocycles. The van der Waals surface area contributed by atoms with E-state index in [9.17, 15) is 4.39 Å². The summed E-state index contributed by atoms with van der Waals surface area (Å²) >= 11 is 0. The zero-order valence-electron chi connectivity index (χ0n) is 11.8. The molecule has 0 bridgehead atoms. The van der Waals surface area contributed by atoms with Crippen molar-refractivity contribution in [3.05, 3.63) is 42.2 Å². The van der Waals surface area contributed by atoms with Gasteiger partial charge in [-0.25, -0.2) is 4.39 Å². The third kappa shape index (κ3) is 5.32. The van der Waals surface area contributed by atoms with Gasteiger partial charge in [-0.15, -0.1) is 0 Å². The minimum Gasteiger partial charge on any atom is -0.370 e. The molecule has 0 atom stereocenters. The molecule has 2 nitrogen and oxygen atoms in total.